The van der Waals surface area contributed by atoms with Crippen LogP contribution in [0.25, 0.3) is 22.4 Å². The summed E-state index contributed by atoms with van der Waals surface area (Å²) in [6.07, 6.45) is 11.4. The maximum absolute atomic E-state index is 4.61. The van der Waals surface area contributed by atoms with Crippen LogP contribution in [0.5, 0.6) is 0 Å². The Hall–Kier alpha value is -2.01. The first-order valence-corrected chi connectivity index (χ1v) is 7.65. The van der Waals surface area contributed by atoms with Crippen LogP contribution >= 0.6 is 11.3 Å². The van der Waals surface area contributed by atoms with Gasteiger partial charge in [-0.25, -0.2) is 4.98 Å². The van der Waals surface area contributed by atoms with Crippen LogP contribution in [0.2, 0.25) is 0 Å². The highest BCUT2D eigenvalue weighted by atomic mass is 32.1. The van der Waals surface area contributed by atoms with Crippen LogP contribution in [-0.2, 0) is 13.0 Å². The van der Waals surface area contributed by atoms with Gasteiger partial charge in [0.05, 0.1) is 16.6 Å². The molecule has 0 N–H and O–H groups in total. The zero-order valence-electron chi connectivity index (χ0n) is 11.0. The lowest BCUT2D eigenvalue weighted by Crippen LogP contribution is -2.10. The Morgan fingerprint density at radius 2 is 2.25 bits per heavy atom. The average molecular weight is 282 g/mol. The van der Waals surface area contributed by atoms with Crippen molar-refractivity contribution in [3.63, 3.8) is 0 Å². The van der Waals surface area contributed by atoms with Crippen LogP contribution in [0.4, 0.5) is 0 Å². The molecular weight excluding hydrogens is 268 g/mol. The Kier molecular flexibility index (Phi) is 2.85. The lowest BCUT2D eigenvalue weighted by molar-refractivity contribution is 0.486. The van der Waals surface area contributed by atoms with Gasteiger partial charge in [-0.2, -0.15) is 5.10 Å². The van der Waals surface area contributed by atoms with E-state index in [1.54, 1.807) is 23.7 Å². The second-order valence-electron chi connectivity index (χ2n) is 4.97. The number of nitrogens with zero attached hydrogens (tertiary/aromatic N) is 4. The van der Waals surface area contributed by atoms with Crippen LogP contribution in [0.3, 0.4) is 0 Å². The van der Waals surface area contributed by atoms with Gasteiger partial charge in [-0.05, 0) is 43.5 Å². The molecule has 0 radical (unpaired) electrons. The fourth-order valence-electron chi connectivity index (χ4n) is 2.55. The first-order chi connectivity index (χ1) is 9.88. The van der Waals surface area contributed by atoms with E-state index < -0.39 is 0 Å². The van der Waals surface area contributed by atoms with Gasteiger partial charge in [0.1, 0.15) is 10.5 Å². The van der Waals surface area contributed by atoms with E-state index in [1.165, 1.54) is 23.2 Å². The van der Waals surface area contributed by atoms with Gasteiger partial charge in [0.25, 0.3) is 0 Å². The summed E-state index contributed by atoms with van der Waals surface area (Å²) < 4.78 is 3.30. The first kappa shape index (κ1) is 11.8. The molecule has 0 saturated heterocycles. The molecule has 0 amide bonds. The molecule has 0 unspecified atom stereocenters. The molecule has 20 heavy (non-hydrogen) atoms. The minimum Gasteiger partial charge on any atom is -0.269 e. The summed E-state index contributed by atoms with van der Waals surface area (Å²) in [5.74, 6) is 0. The molecule has 3 aromatic rings. The molecule has 4 heterocycles. The van der Waals surface area contributed by atoms with Crippen molar-refractivity contribution >= 4 is 33.7 Å². The number of hydrogen-bond acceptors (Lipinski definition) is 4. The van der Waals surface area contributed by atoms with Gasteiger partial charge in [0.2, 0.25) is 0 Å². The van der Waals surface area contributed by atoms with E-state index in [0.717, 1.165) is 29.2 Å². The molecule has 100 valence electrons. The smallest absolute Gasteiger partial charge is 0.117 e. The topological polar surface area (TPSA) is 43.6 Å². The molecule has 0 spiro atoms. The van der Waals surface area contributed by atoms with E-state index in [1.807, 2.05) is 12.1 Å². The third-order valence-electron chi connectivity index (χ3n) is 3.54. The van der Waals surface area contributed by atoms with Crippen LogP contribution in [0.15, 0.2) is 24.5 Å². The lowest BCUT2D eigenvalue weighted by Gasteiger charge is -2.11. The molecule has 0 aliphatic carbocycles. The number of hydrogen-bond donors (Lipinski definition) is 0. The number of rotatable bonds is 2. The summed E-state index contributed by atoms with van der Waals surface area (Å²) >= 11 is 1.68. The van der Waals surface area contributed by atoms with E-state index in [2.05, 4.69) is 31.9 Å². The largest absolute Gasteiger partial charge is 0.269 e. The number of thiazole rings is 1. The number of fused-ring (bicyclic) bond motifs is 2. The fraction of sp³-hybridized carbons (Fsp3) is 0.267. The summed E-state index contributed by atoms with van der Waals surface area (Å²) in [6, 6.07) is 4.18. The Morgan fingerprint density at radius 3 is 3.15 bits per heavy atom. The van der Waals surface area contributed by atoms with E-state index in [-0.39, 0.29) is 0 Å². The molecule has 4 rings (SSSR count). The van der Waals surface area contributed by atoms with Crippen LogP contribution < -0.4 is 0 Å². The minimum atomic E-state index is 0.960. The standard InChI is InChI=1S/C15H14N4S/c1-2-8-19-12(3-1)9-11(18-19)4-5-15-17-13-10-16-7-6-14(13)20-15/h4-7,9-10H,1-3,8H2/b5-4+. The normalized spacial score (nSPS) is 15.0. The number of aryl methyl sites for hydroxylation is 2. The van der Waals surface area contributed by atoms with Crippen molar-refractivity contribution in [2.24, 2.45) is 0 Å². The van der Waals surface area contributed by atoms with Crippen molar-refractivity contribution in [3.8, 4) is 0 Å². The van der Waals surface area contributed by atoms with Crippen molar-refractivity contribution in [3.05, 3.63) is 40.9 Å². The summed E-state index contributed by atoms with van der Waals surface area (Å²) in [5, 5.41) is 5.61. The quantitative estimate of drug-likeness (QED) is 0.723. The van der Waals surface area contributed by atoms with Crippen molar-refractivity contribution in [2.45, 2.75) is 25.8 Å². The number of pyridine rings is 1. The molecule has 0 atom stereocenters. The monoisotopic (exact) mass is 282 g/mol. The third kappa shape index (κ3) is 2.14. The predicted molar refractivity (Wildman–Crippen MR) is 81.5 cm³/mol. The summed E-state index contributed by atoms with van der Waals surface area (Å²) in [4.78, 5) is 8.64. The van der Waals surface area contributed by atoms with E-state index in [0.29, 0.717) is 0 Å². The van der Waals surface area contributed by atoms with Gasteiger partial charge in [0, 0.05) is 18.4 Å². The molecule has 4 nitrogen and oxygen atoms in total. The Balaban J connectivity index is 1.62. The molecule has 0 saturated carbocycles. The second-order valence-corrected chi connectivity index (χ2v) is 6.03. The molecule has 0 fully saturated rings. The zero-order chi connectivity index (χ0) is 13.4. The molecule has 0 bridgehead atoms. The Labute approximate surface area is 120 Å². The van der Waals surface area contributed by atoms with Crippen molar-refractivity contribution in [1.82, 2.24) is 19.7 Å². The minimum absolute atomic E-state index is 0.960. The van der Waals surface area contributed by atoms with Crippen LogP contribution in [0, 0.1) is 0 Å². The summed E-state index contributed by atoms with van der Waals surface area (Å²) in [7, 11) is 0. The highest BCUT2D eigenvalue weighted by Crippen LogP contribution is 2.23. The van der Waals surface area contributed by atoms with E-state index in [9.17, 15) is 0 Å². The van der Waals surface area contributed by atoms with Gasteiger partial charge in [-0.3, -0.25) is 9.67 Å². The van der Waals surface area contributed by atoms with Gasteiger partial charge in [0.15, 0.2) is 0 Å². The fourth-order valence-corrected chi connectivity index (χ4v) is 3.38. The van der Waals surface area contributed by atoms with E-state index >= 15 is 0 Å². The van der Waals surface area contributed by atoms with Crippen molar-refractivity contribution in [1.29, 1.82) is 0 Å². The maximum Gasteiger partial charge on any atom is 0.117 e. The molecule has 3 aromatic heterocycles. The van der Waals surface area contributed by atoms with Crippen molar-refractivity contribution in [2.75, 3.05) is 0 Å². The highest BCUT2D eigenvalue weighted by molar-refractivity contribution is 7.19. The van der Waals surface area contributed by atoms with Crippen molar-refractivity contribution < 1.29 is 0 Å². The van der Waals surface area contributed by atoms with Crippen LogP contribution in [0.1, 0.15) is 29.2 Å². The number of aromatic nitrogens is 4. The maximum atomic E-state index is 4.61. The summed E-state index contributed by atoms with van der Waals surface area (Å²) in [6.45, 7) is 1.05. The van der Waals surface area contributed by atoms with E-state index in [4.69, 9.17) is 0 Å². The zero-order valence-corrected chi connectivity index (χ0v) is 11.8. The predicted octanol–water partition coefficient (Wildman–Crippen LogP) is 3.39. The Morgan fingerprint density at radius 1 is 1.25 bits per heavy atom. The SMILES string of the molecule is C(=C\c1nc2cnccc2s1)/c1cc2n(n1)CCCC2. The van der Waals surface area contributed by atoms with Gasteiger partial charge in [-0.15, -0.1) is 11.3 Å². The Bertz CT molecular complexity index is 728. The highest BCUT2D eigenvalue weighted by Gasteiger charge is 2.10. The van der Waals surface area contributed by atoms with Gasteiger partial charge >= 0.3 is 0 Å². The summed E-state index contributed by atoms with van der Waals surface area (Å²) in [5.41, 5.74) is 3.34. The second kappa shape index (κ2) is 4.83. The van der Waals surface area contributed by atoms with Crippen LogP contribution in [-0.4, -0.2) is 19.7 Å². The average Bonchev–Trinajstić information content (AvgIpc) is 3.07. The molecule has 5 heteroatoms. The molecular formula is C15H14N4S. The first-order valence-electron chi connectivity index (χ1n) is 6.84. The third-order valence-corrected chi connectivity index (χ3v) is 4.54. The van der Waals surface area contributed by atoms with Gasteiger partial charge < -0.3 is 0 Å². The lowest BCUT2D eigenvalue weighted by atomic mass is 10.1. The molecule has 1 aliphatic rings. The van der Waals surface area contributed by atoms with Gasteiger partial charge in [-0.1, -0.05) is 0 Å². The molecule has 0 aromatic carbocycles. The molecule has 1 aliphatic heterocycles.